The molecule has 0 fully saturated rings. The molecule has 0 aliphatic carbocycles. The third-order valence-electron chi connectivity index (χ3n) is 4.20. The number of hydrogen-bond donors (Lipinski definition) is 2. The summed E-state index contributed by atoms with van der Waals surface area (Å²) in [5, 5.41) is 7.38. The fourth-order valence-corrected chi connectivity index (χ4v) is 2.60. The second kappa shape index (κ2) is 13.6. The first-order valence-electron chi connectivity index (χ1n) is 10.0. The smallest absolute Gasteiger partial charge is 0.164 e. The van der Waals surface area contributed by atoms with Crippen molar-refractivity contribution in [3.05, 3.63) is 48.0 Å². The summed E-state index contributed by atoms with van der Waals surface area (Å²) in [4.78, 5) is 0. The van der Waals surface area contributed by atoms with E-state index < -0.39 is 0 Å². The molecule has 2 aromatic carbocycles. The summed E-state index contributed by atoms with van der Waals surface area (Å²) in [7, 11) is 1.63. The summed E-state index contributed by atoms with van der Waals surface area (Å²) in [5.41, 5.74) is 6.14. The van der Waals surface area contributed by atoms with Crippen molar-refractivity contribution in [2.45, 2.75) is 33.1 Å². The summed E-state index contributed by atoms with van der Waals surface area (Å²) in [6.07, 6.45) is 2.88. The molecule has 2 rings (SSSR count). The molecule has 0 aromatic heterocycles. The Kier molecular flexibility index (Phi) is 11.5. The fourth-order valence-electron chi connectivity index (χ4n) is 2.60. The first kappa shape index (κ1) is 25.4. The Morgan fingerprint density at radius 2 is 1.50 bits per heavy atom. The lowest BCUT2D eigenvalue weighted by atomic mass is 10.2. The predicted molar refractivity (Wildman–Crippen MR) is 123 cm³/mol. The van der Waals surface area contributed by atoms with Gasteiger partial charge in [-0.15, -0.1) is 12.4 Å². The number of nitrogens with two attached hydrogens (primary N) is 1. The Balaban J connectivity index is 0.00000450. The van der Waals surface area contributed by atoms with Crippen molar-refractivity contribution in [3.63, 3.8) is 0 Å². The van der Waals surface area contributed by atoms with Gasteiger partial charge in [0.15, 0.2) is 11.5 Å². The first-order valence-corrected chi connectivity index (χ1v) is 10.0. The van der Waals surface area contributed by atoms with Crippen LogP contribution < -0.4 is 24.7 Å². The maximum Gasteiger partial charge on any atom is 0.164 e. The van der Waals surface area contributed by atoms with Crippen LogP contribution in [0.5, 0.6) is 23.0 Å². The molecule has 0 unspecified atom stereocenters. The van der Waals surface area contributed by atoms with Crippen LogP contribution in [0.2, 0.25) is 0 Å². The number of hydrogen-bond acceptors (Lipinski definition) is 5. The number of methoxy groups -OCH3 is 1. The van der Waals surface area contributed by atoms with Crippen LogP contribution in [-0.4, -0.2) is 32.8 Å². The van der Waals surface area contributed by atoms with Gasteiger partial charge < -0.3 is 24.7 Å². The lowest BCUT2D eigenvalue weighted by Crippen LogP contribution is -2.10. The number of halogens is 1. The van der Waals surface area contributed by atoms with Gasteiger partial charge in [0.1, 0.15) is 17.3 Å². The van der Waals surface area contributed by atoms with Crippen molar-refractivity contribution in [1.29, 1.82) is 5.41 Å². The van der Waals surface area contributed by atoms with Crippen LogP contribution in [0.1, 0.15) is 38.7 Å². The number of nitrogens with one attached hydrogen (secondary N) is 1. The topological polar surface area (TPSA) is 86.8 Å². The molecule has 166 valence electrons. The van der Waals surface area contributed by atoms with E-state index in [1.54, 1.807) is 19.2 Å². The van der Waals surface area contributed by atoms with E-state index in [1.165, 1.54) is 0 Å². The third kappa shape index (κ3) is 8.82. The van der Waals surface area contributed by atoms with Crippen LogP contribution >= 0.6 is 12.4 Å². The van der Waals surface area contributed by atoms with E-state index in [0.717, 1.165) is 36.5 Å². The van der Waals surface area contributed by atoms with E-state index in [9.17, 15) is 0 Å². The van der Waals surface area contributed by atoms with Gasteiger partial charge in [0.25, 0.3) is 0 Å². The van der Waals surface area contributed by atoms with E-state index in [-0.39, 0.29) is 18.2 Å². The Hall–Kier alpha value is -2.60. The van der Waals surface area contributed by atoms with Crippen LogP contribution in [0.15, 0.2) is 42.5 Å². The maximum absolute atomic E-state index is 7.38. The molecule has 6 nitrogen and oxygen atoms in total. The van der Waals surface area contributed by atoms with Crippen LogP contribution in [0.4, 0.5) is 0 Å². The van der Waals surface area contributed by atoms with Gasteiger partial charge in [-0.2, -0.15) is 0 Å². The number of ether oxygens (including phenoxy) is 4. The monoisotopic (exact) mass is 436 g/mol. The van der Waals surface area contributed by atoms with E-state index in [0.29, 0.717) is 37.1 Å². The van der Waals surface area contributed by atoms with Gasteiger partial charge >= 0.3 is 0 Å². The van der Waals surface area contributed by atoms with Crippen molar-refractivity contribution in [1.82, 2.24) is 0 Å². The third-order valence-corrected chi connectivity index (χ3v) is 4.20. The number of benzene rings is 2. The Morgan fingerprint density at radius 3 is 2.10 bits per heavy atom. The lowest BCUT2D eigenvalue weighted by molar-refractivity contribution is 0.260. The summed E-state index contributed by atoms with van der Waals surface area (Å²) < 4.78 is 22.7. The normalized spacial score (nSPS) is 10.3. The second-order valence-electron chi connectivity index (χ2n) is 7.21. The maximum atomic E-state index is 7.38. The minimum Gasteiger partial charge on any atom is -0.494 e. The van der Waals surface area contributed by atoms with Crippen molar-refractivity contribution < 1.29 is 18.9 Å². The Morgan fingerprint density at radius 1 is 0.867 bits per heavy atom. The van der Waals surface area contributed by atoms with E-state index in [1.807, 2.05) is 30.3 Å². The zero-order valence-corrected chi connectivity index (χ0v) is 18.8. The first-order chi connectivity index (χ1) is 14.0. The number of nitrogen functional groups attached to an aromatic ring is 1. The zero-order chi connectivity index (χ0) is 21.1. The molecular weight excluding hydrogens is 404 g/mol. The van der Waals surface area contributed by atoms with Crippen molar-refractivity contribution in [3.8, 4) is 23.0 Å². The molecule has 0 amide bonds. The van der Waals surface area contributed by atoms with E-state index in [4.69, 9.17) is 30.1 Å². The predicted octanol–water partition coefficient (Wildman–Crippen LogP) is 5.06. The molecule has 3 N–H and O–H groups in total. The molecule has 0 atom stereocenters. The molecule has 0 spiro atoms. The van der Waals surface area contributed by atoms with E-state index >= 15 is 0 Å². The van der Waals surface area contributed by atoms with Gasteiger partial charge in [0, 0.05) is 11.6 Å². The molecule has 0 heterocycles. The van der Waals surface area contributed by atoms with Gasteiger partial charge in [0.05, 0.1) is 26.9 Å². The van der Waals surface area contributed by atoms with Gasteiger partial charge in [-0.1, -0.05) is 13.8 Å². The molecule has 0 bridgehead atoms. The van der Waals surface area contributed by atoms with Crippen LogP contribution in [0, 0.1) is 11.3 Å². The van der Waals surface area contributed by atoms with Gasteiger partial charge in [-0.05, 0) is 61.6 Å². The van der Waals surface area contributed by atoms with Gasteiger partial charge in [0.2, 0.25) is 0 Å². The van der Waals surface area contributed by atoms with Crippen LogP contribution in [-0.2, 0) is 0 Å². The molecule has 30 heavy (non-hydrogen) atoms. The largest absolute Gasteiger partial charge is 0.494 e. The highest BCUT2D eigenvalue weighted by atomic mass is 35.5. The number of amidine groups is 1. The minimum atomic E-state index is 0. The second-order valence-corrected chi connectivity index (χ2v) is 7.21. The van der Waals surface area contributed by atoms with Crippen LogP contribution in [0.25, 0.3) is 0 Å². The molecule has 0 radical (unpaired) electrons. The number of unbranched alkanes of at least 4 members (excludes halogenated alkanes) is 2. The molecule has 0 aliphatic rings. The molecule has 0 saturated heterocycles. The summed E-state index contributed by atoms with van der Waals surface area (Å²) in [6.45, 7) is 6.17. The molecule has 2 aromatic rings. The number of rotatable bonds is 13. The highest BCUT2D eigenvalue weighted by molar-refractivity contribution is 5.94. The fraction of sp³-hybridized carbons (Fsp3) is 0.435. The molecule has 0 aliphatic heterocycles. The van der Waals surface area contributed by atoms with E-state index in [2.05, 4.69) is 13.8 Å². The van der Waals surface area contributed by atoms with Crippen molar-refractivity contribution in [2.75, 3.05) is 26.9 Å². The van der Waals surface area contributed by atoms with Crippen LogP contribution in [0.3, 0.4) is 0 Å². The highest BCUT2D eigenvalue weighted by Gasteiger charge is 2.07. The summed E-state index contributed by atoms with van der Waals surface area (Å²) >= 11 is 0. The van der Waals surface area contributed by atoms with Crippen molar-refractivity contribution in [2.24, 2.45) is 11.7 Å². The standard InChI is InChI=1S/C23H32N2O4.ClH/c1-17(2)16-29-20-11-12-21(22(15-20)26-3)28-14-6-4-5-13-27-19-9-7-18(8-10-19)23(24)25;/h7-12,15,17H,4-6,13-14,16H2,1-3H3,(H3,24,25);1H. The van der Waals surface area contributed by atoms with Gasteiger partial charge in [-0.3, -0.25) is 5.41 Å². The SMILES string of the molecule is COc1cc(OCC(C)C)ccc1OCCCCCOc1ccc(C(=N)N)cc1.Cl. The lowest BCUT2D eigenvalue weighted by Gasteiger charge is -2.14. The van der Waals surface area contributed by atoms with Crippen molar-refractivity contribution >= 4 is 18.2 Å². The summed E-state index contributed by atoms with van der Waals surface area (Å²) in [6, 6.07) is 12.9. The Bertz CT molecular complexity index is 766. The minimum absolute atomic E-state index is 0. The molecular formula is C23H33ClN2O4. The average Bonchev–Trinajstić information content (AvgIpc) is 2.72. The molecule has 7 heteroatoms. The average molecular weight is 437 g/mol. The quantitative estimate of drug-likeness (QED) is 0.260. The Labute approximate surface area is 185 Å². The van der Waals surface area contributed by atoms with Gasteiger partial charge in [-0.25, -0.2) is 0 Å². The highest BCUT2D eigenvalue weighted by Crippen LogP contribution is 2.31. The molecule has 0 saturated carbocycles. The zero-order valence-electron chi connectivity index (χ0n) is 18.0. The summed E-state index contributed by atoms with van der Waals surface area (Å²) in [5.74, 6) is 3.52.